The van der Waals surface area contributed by atoms with Gasteiger partial charge in [-0.3, -0.25) is 4.90 Å². The minimum atomic E-state index is 0.251. The van der Waals surface area contributed by atoms with Crippen molar-refractivity contribution in [1.29, 1.82) is 0 Å². The van der Waals surface area contributed by atoms with Crippen molar-refractivity contribution >= 4 is 0 Å². The topological polar surface area (TPSA) is 38.5 Å². The predicted molar refractivity (Wildman–Crippen MR) is 54.7 cm³/mol. The molecule has 0 amide bonds. The van der Waals surface area contributed by atoms with Crippen LogP contribution in [0.4, 0.5) is 0 Å². The first kappa shape index (κ1) is 11.0. The zero-order valence-corrected chi connectivity index (χ0v) is 8.83. The third-order valence-corrected chi connectivity index (χ3v) is 2.49. The Bertz CT molecular complexity index is 141. The van der Waals surface area contributed by atoms with Gasteiger partial charge < -0.3 is 10.5 Å². The molecule has 0 aromatic heterocycles. The second-order valence-electron chi connectivity index (χ2n) is 3.92. The van der Waals surface area contributed by atoms with Crippen molar-refractivity contribution in [2.24, 2.45) is 5.73 Å². The Morgan fingerprint density at radius 1 is 1.46 bits per heavy atom. The molecule has 3 nitrogen and oxygen atoms in total. The van der Waals surface area contributed by atoms with Crippen LogP contribution >= 0.6 is 0 Å². The SMILES string of the molecule is CCCCN1CC(C)OC(CN)C1. The van der Waals surface area contributed by atoms with Gasteiger partial charge in [-0.15, -0.1) is 0 Å². The number of ether oxygens (including phenoxy) is 1. The Morgan fingerprint density at radius 2 is 2.23 bits per heavy atom. The van der Waals surface area contributed by atoms with E-state index in [1.807, 2.05) is 0 Å². The highest BCUT2D eigenvalue weighted by Crippen LogP contribution is 2.10. The zero-order chi connectivity index (χ0) is 9.68. The van der Waals surface area contributed by atoms with Gasteiger partial charge in [0.15, 0.2) is 0 Å². The van der Waals surface area contributed by atoms with E-state index in [4.69, 9.17) is 10.5 Å². The van der Waals surface area contributed by atoms with Crippen LogP contribution in [0, 0.1) is 0 Å². The van der Waals surface area contributed by atoms with E-state index in [1.54, 1.807) is 0 Å². The van der Waals surface area contributed by atoms with Gasteiger partial charge in [-0.05, 0) is 19.9 Å². The first-order valence-corrected chi connectivity index (χ1v) is 5.34. The fourth-order valence-corrected chi connectivity index (χ4v) is 1.84. The van der Waals surface area contributed by atoms with E-state index in [0.717, 1.165) is 13.1 Å². The van der Waals surface area contributed by atoms with Gasteiger partial charge in [0.05, 0.1) is 12.2 Å². The average Bonchev–Trinajstić information content (AvgIpc) is 2.14. The lowest BCUT2D eigenvalue weighted by Gasteiger charge is -2.36. The van der Waals surface area contributed by atoms with Gasteiger partial charge in [-0.1, -0.05) is 13.3 Å². The number of nitrogens with zero attached hydrogens (tertiary/aromatic N) is 1. The molecule has 1 rings (SSSR count). The quantitative estimate of drug-likeness (QED) is 0.707. The van der Waals surface area contributed by atoms with E-state index in [2.05, 4.69) is 18.7 Å². The lowest BCUT2D eigenvalue weighted by atomic mass is 10.2. The summed E-state index contributed by atoms with van der Waals surface area (Å²) in [4.78, 5) is 2.47. The maximum Gasteiger partial charge on any atom is 0.0828 e. The molecule has 0 spiro atoms. The van der Waals surface area contributed by atoms with Crippen LogP contribution < -0.4 is 5.73 Å². The standard InChI is InChI=1S/C10H22N2O/c1-3-4-5-12-7-9(2)13-10(6-11)8-12/h9-10H,3-8,11H2,1-2H3. The largest absolute Gasteiger partial charge is 0.371 e. The molecule has 0 aliphatic carbocycles. The maximum absolute atomic E-state index is 5.68. The summed E-state index contributed by atoms with van der Waals surface area (Å²) in [5.41, 5.74) is 5.60. The molecule has 0 saturated carbocycles. The molecular weight excluding hydrogens is 164 g/mol. The van der Waals surface area contributed by atoms with Crippen molar-refractivity contribution < 1.29 is 4.74 Å². The highest BCUT2D eigenvalue weighted by Gasteiger charge is 2.23. The Balaban J connectivity index is 2.29. The molecule has 0 aromatic rings. The van der Waals surface area contributed by atoms with Gasteiger partial charge in [-0.25, -0.2) is 0 Å². The molecule has 1 aliphatic rings. The molecule has 1 saturated heterocycles. The monoisotopic (exact) mass is 186 g/mol. The van der Waals surface area contributed by atoms with Crippen molar-refractivity contribution in [1.82, 2.24) is 4.90 Å². The molecule has 3 heteroatoms. The maximum atomic E-state index is 5.68. The number of hydrogen-bond acceptors (Lipinski definition) is 3. The minimum absolute atomic E-state index is 0.251. The van der Waals surface area contributed by atoms with Crippen molar-refractivity contribution in [3.05, 3.63) is 0 Å². The highest BCUT2D eigenvalue weighted by molar-refractivity contribution is 4.75. The Labute approximate surface area is 81.2 Å². The van der Waals surface area contributed by atoms with Crippen LogP contribution in [-0.4, -0.2) is 43.3 Å². The summed E-state index contributed by atoms with van der Waals surface area (Å²) in [6.45, 7) is 8.27. The third kappa shape index (κ3) is 3.63. The molecule has 0 radical (unpaired) electrons. The summed E-state index contributed by atoms with van der Waals surface area (Å²) >= 11 is 0. The first-order valence-electron chi connectivity index (χ1n) is 5.34. The van der Waals surface area contributed by atoms with Crippen LogP contribution in [0.2, 0.25) is 0 Å². The minimum Gasteiger partial charge on any atom is -0.371 e. The van der Waals surface area contributed by atoms with E-state index in [0.29, 0.717) is 12.6 Å². The molecule has 2 N–H and O–H groups in total. The van der Waals surface area contributed by atoms with Crippen molar-refractivity contribution in [3.8, 4) is 0 Å². The summed E-state index contributed by atoms with van der Waals surface area (Å²) in [6, 6.07) is 0. The molecular formula is C10H22N2O. The number of morpholine rings is 1. The highest BCUT2D eigenvalue weighted by atomic mass is 16.5. The van der Waals surface area contributed by atoms with Gasteiger partial charge in [0.25, 0.3) is 0 Å². The van der Waals surface area contributed by atoms with Crippen LogP contribution in [0.3, 0.4) is 0 Å². The van der Waals surface area contributed by atoms with Gasteiger partial charge in [0.1, 0.15) is 0 Å². The molecule has 2 unspecified atom stereocenters. The van der Waals surface area contributed by atoms with Crippen LogP contribution in [0.15, 0.2) is 0 Å². The van der Waals surface area contributed by atoms with Gasteiger partial charge in [-0.2, -0.15) is 0 Å². The number of hydrogen-bond donors (Lipinski definition) is 1. The average molecular weight is 186 g/mol. The lowest BCUT2D eigenvalue weighted by Crippen LogP contribution is -2.49. The summed E-state index contributed by atoms with van der Waals surface area (Å²) in [5, 5.41) is 0. The second-order valence-corrected chi connectivity index (χ2v) is 3.92. The van der Waals surface area contributed by atoms with Crippen molar-refractivity contribution in [3.63, 3.8) is 0 Å². The molecule has 0 bridgehead atoms. The molecule has 1 aliphatic heterocycles. The van der Waals surface area contributed by atoms with Crippen LogP contribution in [0.25, 0.3) is 0 Å². The van der Waals surface area contributed by atoms with E-state index >= 15 is 0 Å². The lowest BCUT2D eigenvalue weighted by molar-refractivity contribution is -0.0721. The number of rotatable bonds is 4. The normalized spacial score (nSPS) is 30.7. The third-order valence-electron chi connectivity index (χ3n) is 2.49. The summed E-state index contributed by atoms with van der Waals surface area (Å²) in [6.07, 6.45) is 3.14. The fourth-order valence-electron chi connectivity index (χ4n) is 1.84. The summed E-state index contributed by atoms with van der Waals surface area (Å²) < 4.78 is 5.68. The number of nitrogens with two attached hydrogens (primary N) is 1. The molecule has 0 aromatic carbocycles. The summed E-state index contributed by atoms with van der Waals surface area (Å²) in [5.74, 6) is 0. The Kier molecular flexibility index (Phi) is 4.70. The van der Waals surface area contributed by atoms with Crippen LogP contribution in [0.5, 0.6) is 0 Å². The van der Waals surface area contributed by atoms with Gasteiger partial charge in [0, 0.05) is 19.6 Å². The molecule has 1 heterocycles. The summed E-state index contributed by atoms with van der Waals surface area (Å²) in [7, 11) is 0. The fraction of sp³-hybridized carbons (Fsp3) is 1.00. The van der Waals surface area contributed by atoms with E-state index < -0.39 is 0 Å². The number of unbranched alkanes of at least 4 members (excludes halogenated alkanes) is 1. The molecule has 1 fully saturated rings. The van der Waals surface area contributed by atoms with Crippen molar-refractivity contribution in [2.75, 3.05) is 26.2 Å². The van der Waals surface area contributed by atoms with E-state index in [-0.39, 0.29) is 6.10 Å². The van der Waals surface area contributed by atoms with E-state index in [9.17, 15) is 0 Å². The molecule has 2 atom stereocenters. The molecule has 13 heavy (non-hydrogen) atoms. The van der Waals surface area contributed by atoms with Gasteiger partial charge in [0.2, 0.25) is 0 Å². The Hall–Kier alpha value is -0.120. The van der Waals surface area contributed by atoms with Gasteiger partial charge >= 0.3 is 0 Å². The van der Waals surface area contributed by atoms with Crippen LogP contribution in [-0.2, 0) is 4.74 Å². The van der Waals surface area contributed by atoms with Crippen molar-refractivity contribution in [2.45, 2.75) is 38.9 Å². The first-order chi connectivity index (χ1) is 6.26. The second kappa shape index (κ2) is 5.58. The van der Waals surface area contributed by atoms with Crippen LogP contribution in [0.1, 0.15) is 26.7 Å². The predicted octanol–water partition coefficient (Wildman–Crippen LogP) is 0.835. The van der Waals surface area contributed by atoms with E-state index in [1.165, 1.54) is 19.4 Å². The molecule has 78 valence electrons. The Morgan fingerprint density at radius 3 is 2.85 bits per heavy atom. The zero-order valence-electron chi connectivity index (χ0n) is 8.83. The smallest absolute Gasteiger partial charge is 0.0828 e.